The molecule has 0 aromatic carbocycles. The van der Waals surface area contributed by atoms with Gasteiger partial charge >= 0.3 is 8.80 Å². The zero-order valence-electron chi connectivity index (χ0n) is 10.4. The third-order valence-corrected chi connectivity index (χ3v) is 5.16. The second kappa shape index (κ2) is 8.24. The minimum atomic E-state index is -2.56. The summed E-state index contributed by atoms with van der Waals surface area (Å²) in [7, 11) is 2.17. The van der Waals surface area contributed by atoms with Gasteiger partial charge in [0.2, 0.25) is 0 Å². The molecule has 0 spiro atoms. The van der Waals surface area contributed by atoms with Crippen molar-refractivity contribution >= 4 is 8.80 Å². The van der Waals surface area contributed by atoms with Gasteiger partial charge < -0.3 is 19.0 Å². The maximum absolute atomic E-state index is 5.88. The molecule has 0 aromatic rings. The van der Waals surface area contributed by atoms with Crippen molar-refractivity contribution in [1.29, 1.82) is 0 Å². The molecule has 0 amide bonds. The van der Waals surface area contributed by atoms with Gasteiger partial charge in [0.15, 0.2) is 0 Å². The van der Waals surface area contributed by atoms with E-state index in [-0.39, 0.29) is 5.67 Å². The SMILES string of the molecule is C1CC1.CCCC(N)[Si](OC)(OC)OC. The lowest BCUT2D eigenvalue weighted by atomic mass is 10.3. The monoisotopic (exact) mass is 235 g/mol. The molecule has 5 heteroatoms. The van der Waals surface area contributed by atoms with Crippen molar-refractivity contribution in [2.45, 2.75) is 44.7 Å². The smallest absolute Gasteiger partial charge is 0.376 e. The summed E-state index contributed by atoms with van der Waals surface area (Å²) in [4.78, 5) is 0. The molecule has 1 fully saturated rings. The molecule has 1 aliphatic carbocycles. The molecular weight excluding hydrogens is 210 g/mol. The molecule has 2 N–H and O–H groups in total. The quantitative estimate of drug-likeness (QED) is 0.712. The first-order valence-electron chi connectivity index (χ1n) is 5.57. The maximum atomic E-state index is 5.88. The lowest BCUT2D eigenvalue weighted by Crippen LogP contribution is -2.58. The molecule has 1 unspecified atom stereocenters. The molecule has 0 bridgehead atoms. The normalized spacial score (nSPS) is 16.6. The minimum Gasteiger partial charge on any atom is -0.376 e. The van der Waals surface area contributed by atoms with E-state index in [1.54, 1.807) is 21.3 Å². The third-order valence-electron chi connectivity index (χ3n) is 2.26. The molecule has 92 valence electrons. The molecule has 0 heterocycles. The molecule has 0 aromatic heterocycles. The Hall–Kier alpha value is 0.0569. The highest BCUT2D eigenvalue weighted by molar-refractivity contribution is 6.62. The number of nitrogens with two attached hydrogens (primary N) is 1. The van der Waals surface area contributed by atoms with Crippen LogP contribution in [-0.4, -0.2) is 35.8 Å². The predicted molar refractivity (Wildman–Crippen MR) is 63.5 cm³/mol. The Balaban J connectivity index is 0.000000548. The van der Waals surface area contributed by atoms with Crippen LogP contribution in [0.5, 0.6) is 0 Å². The van der Waals surface area contributed by atoms with Crippen molar-refractivity contribution in [3.63, 3.8) is 0 Å². The van der Waals surface area contributed by atoms with Crippen LogP contribution in [0.4, 0.5) is 0 Å². The van der Waals surface area contributed by atoms with E-state index in [1.165, 1.54) is 19.3 Å². The van der Waals surface area contributed by atoms with E-state index in [9.17, 15) is 0 Å². The van der Waals surface area contributed by atoms with Crippen LogP contribution in [0, 0.1) is 0 Å². The van der Waals surface area contributed by atoms with E-state index in [1.807, 2.05) is 0 Å². The fraction of sp³-hybridized carbons (Fsp3) is 1.00. The number of hydrogen-bond acceptors (Lipinski definition) is 4. The summed E-state index contributed by atoms with van der Waals surface area (Å²) in [5.41, 5.74) is 5.76. The van der Waals surface area contributed by atoms with Crippen molar-refractivity contribution in [2.75, 3.05) is 21.3 Å². The van der Waals surface area contributed by atoms with Crippen LogP contribution < -0.4 is 5.73 Å². The lowest BCUT2D eigenvalue weighted by molar-refractivity contribution is 0.111. The molecule has 0 aliphatic heterocycles. The summed E-state index contributed by atoms with van der Waals surface area (Å²) in [6.07, 6.45) is 6.37. The fourth-order valence-electron chi connectivity index (χ4n) is 1.19. The minimum absolute atomic E-state index is 0.123. The van der Waals surface area contributed by atoms with E-state index in [2.05, 4.69) is 6.92 Å². The Morgan fingerprint density at radius 3 is 1.67 bits per heavy atom. The fourth-order valence-corrected chi connectivity index (χ4v) is 3.24. The standard InChI is InChI=1S/C7H19NO3Si.C3H6/c1-5-6-7(8)12(9-2,10-3)11-4;1-2-3-1/h7H,5-6,8H2,1-4H3;1-3H2. The molecule has 0 radical (unpaired) electrons. The maximum Gasteiger partial charge on any atom is 0.517 e. The average molecular weight is 235 g/mol. The first-order valence-corrected chi connectivity index (χ1v) is 7.38. The molecule has 15 heavy (non-hydrogen) atoms. The Morgan fingerprint density at radius 2 is 1.47 bits per heavy atom. The van der Waals surface area contributed by atoms with E-state index in [0.29, 0.717) is 0 Å². The summed E-state index contributed by atoms with van der Waals surface area (Å²) in [6.45, 7) is 2.07. The van der Waals surface area contributed by atoms with Gasteiger partial charge in [-0.2, -0.15) is 0 Å². The first-order chi connectivity index (χ1) is 7.16. The van der Waals surface area contributed by atoms with Crippen molar-refractivity contribution in [3.05, 3.63) is 0 Å². The molecule has 1 rings (SSSR count). The summed E-state index contributed by atoms with van der Waals surface area (Å²) in [5, 5.41) is 0. The van der Waals surface area contributed by atoms with Gasteiger partial charge in [-0.3, -0.25) is 0 Å². The van der Waals surface area contributed by atoms with Gasteiger partial charge in [0.1, 0.15) is 0 Å². The molecule has 0 saturated heterocycles. The zero-order valence-corrected chi connectivity index (χ0v) is 11.4. The van der Waals surface area contributed by atoms with Crippen molar-refractivity contribution in [3.8, 4) is 0 Å². The highest BCUT2D eigenvalue weighted by Crippen LogP contribution is 2.15. The topological polar surface area (TPSA) is 53.7 Å². The van der Waals surface area contributed by atoms with Crippen LogP contribution in [0.15, 0.2) is 0 Å². The highest BCUT2D eigenvalue weighted by atomic mass is 28.4. The van der Waals surface area contributed by atoms with Crippen LogP contribution in [-0.2, 0) is 13.3 Å². The average Bonchev–Trinajstić information content (AvgIpc) is 3.09. The van der Waals surface area contributed by atoms with Gasteiger partial charge in [0.25, 0.3) is 0 Å². The largest absolute Gasteiger partial charge is 0.517 e. The molecular formula is C10H25NO3Si. The van der Waals surface area contributed by atoms with Gasteiger partial charge in [-0.25, -0.2) is 0 Å². The van der Waals surface area contributed by atoms with E-state index >= 15 is 0 Å². The van der Waals surface area contributed by atoms with E-state index in [4.69, 9.17) is 19.0 Å². The van der Waals surface area contributed by atoms with Crippen LogP contribution in [0.25, 0.3) is 0 Å². The van der Waals surface area contributed by atoms with Gasteiger partial charge in [0.05, 0.1) is 5.67 Å². The zero-order chi connectivity index (χ0) is 11.7. The molecule has 1 atom stereocenters. The molecule has 1 aliphatic rings. The lowest BCUT2D eigenvalue weighted by Gasteiger charge is -2.29. The predicted octanol–water partition coefficient (Wildman–Crippen LogP) is 1.70. The van der Waals surface area contributed by atoms with E-state index in [0.717, 1.165) is 12.8 Å². The van der Waals surface area contributed by atoms with Crippen molar-refractivity contribution in [2.24, 2.45) is 5.73 Å². The van der Waals surface area contributed by atoms with Crippen LogP contribution in [0.3, 0.4) is 0 Å². The van der Waals surface area contributed by atoms with Gasteiger partial charge in [0, 0.05) is 21.3 Å². The first kappa shape index (κ1) is 15.1. The summed E-state index contributed by atoms with van der Waals surface area (Å²) >= 11 is 0. The third kappa shape index (κ3) is 5.63. The van der Waals surface area contributed by atoms with Gasteiger partial charge in [-0.15, -0.1) is 0 Å². The Kier molecular flexibility index (Phi) is 8.27. The van der Waals surface area contributed by atoms with Crippen LogP contribution in [0.2, 0.25) is 0 Å². The highest BCUT2D eigenvalue weighted by Gasteiger charge is 2.44. The Morgan fingerprint density at radius 1 is 1.07 bits per heavy atom. The molecule has 1 saturated carbocycles. The second-order valence-electron chi connectivity index (χ2n) is 3.67. The van der Waals surface area contributed by atoms with Crippen LogP contribution in [0.1, 0.15) is 39.0 Å². The summed E-state index contributed by atoms with van der Waals surface area (Å²) < 4.78 is 15.7. The Labute approximate surface area is 94.5 Å². The second-order valence-corrected chi connectivity index (χ2v) is 6.85. The Bertz CT molecular complexity index is 141. The molecule has 4 nitrogen and oxygen atoms in total. The van der Waals surface area contributed by atoms with Crippen LogP contribution >= 0.6 is 0 Å². The van der Waals surface area contributed by atoms with Gasteiger partial charge in [-0.05, 0) is 6.42 Å². The van der Waals surface area contributed by atoms with Crippen molar-refractivity contribution in [1.82, 2.24) is 0 Å². The summed E-state index contributed by atoms with van der Waals surface area (Å²) in [6, 6.07) is 0. The van der Waals surface area contributed by atoms with Gasteiger partial charge in [-0.1, -0.05) is 32.6 Å². The number of hydrogen-bond donors (Lipinski definition) is 1. The summed E-state index contributed by atoms with van der Waals surface area (Å²) in [5.74, 6) is 0. The number of rotatable bonds is 6. The van der Waals surface area contributed by atoms with Crippen molar-refractivity contribution < 1.29 is 13.3 Å². The van der Waals surface area contributed by atoms with E-state index < -0.39 is 8.80 Å².